The molecule has 1 N–H and O–H groups in total. The Labute approximate surface area is 181 Å². The number of aryl methyl sites for hydroxylation is 1. The van der Waals surface area contributed by atoms with E-state index in [4.69, 9.17) is 14.2 Å². The first kappa shape index (κ1) is 22.2. The first-order chi connectivity index (χ1) is 14.9. The molecule has 31 heavy (non-hydrogen) atoms. The highest BCUT2D eigenvalue weighted by Gasteiger charge is 2.46. The maximum atomic E-state index is 13.0. The second-order valence-corrected chi connectivity index (χ2v) is 7.31. The molecule has 7 heteroatoms. The zero-order chi connectivity index (χ0) is 22.7. The number of Topliss-reactive ketones (excluding diaryl/α,β-unsaturated/α-hetero) is 1. The molecular weight excluding hydrogens is 398 g/mol. The number of ketones is 1. The summed E-state index contributed by atoms with van der Waals surface area (Å²) in [5.41, 5.74) is 1.91. The van der Waals surface area contributed by atoms with Gasteiger partial charge in [-0.25, -0.2) is 0 Å². The maximum absolute atomic E-state index is 13.0. The van der Waals surface area contributed by atoms with Gasteiger partial charge in [0.05, 0.1) is 38.5 Å². The molecule has 3 rings (SSSR count). The predicted molar refractivity (Wildman–Crippen MR) is 117 cm³/mol. The van der Waals surface area contributed by atoms with Crippen molar-refractivity contribution in [2.75, 3.05) is 27.9 Å². The van der Waals surface area contributed by atoms with Crippen molar-refractivity contribution in [1.29, 1.82) is 0 Å². The minimum atomic E-state index is -0.759. The molecule has 0 aromatic heterocycles. The average Bonchev–Trinajstić information content (AvgIpc) is 3.03. The van der Waals surface area contributed by atoms with Crippen LogP contribution in [0.2, 0.25) is 0 Å². The zero-order valence-electron chi connectivity index (χ0n) is 18.4. The van der Waals surface area contributed by atoms with Gasteiger partial charge in [-0.15, -0.1) is 0 Å². The lowest BCUT2D eigenvalue weighted by molar-refractivity contribution is -0.139. The Bertz CT molecular complexity index is 1040. The number of likely N-dealkylation sites (tertiary alicyclic amines) is 1. The molecule has 1 amide bonds. The average molecular weight is 425 g/mol. The summed E-state index contributed by atoms with van der Waals surface area (Å²) in [7, 11) is 4.54. The zero-order valence-corrected chi connectivity index (χ0v) is 18.4. The first-order valence-corrected chi connectivity index (χ1v) is 10.0. The Balaban J connectivity index is 2.26. The Kier molecular flexibility index (Phi) is 6.53. The number of hydrogen-bond donors (Lipinski definition) is 1. The molecule has 1 aliphatic heterocycles. The predicted octanol–water partition coefficient (Wildman–Crippen LogP) is 3.85. The number of aliphatic hydroxyl groups excluding tert-OH is 1. The molecule has 0 spiro atoms. The van der Waals surface area contributed by atoms with Crippen LogP contribution in [0.4, 0.5) is 0 Å². The lowest BCUT2D eigenvalue weighted by atomic mass is 9.94. The maximum Gasteiger partial charge on any atom is 0.295 e. The molecule has 2 aromatic carbocycles. The highest BCUT2D eigenvalue weighted by atomic mass is 16.5. The topological polar surface area (TPSA) is 85.3 Å². The first-order valence-electron chi connectivity index (χ1n) is 10.0. The van der Waals surface area contributed by atoms with Crippen LogP contribution in [-0.2, 0) is 9.59 Å². The van der Waals surface area contributed by atoms with Gasteiger partial charge in [-0.2, -0.15) is 0 Å². The molecule has 7 nitrogen and oxygen atoms in total. The number of rotatable bonds is 7. The largest absolute Gasteiger partial charge is 0.507 e. The molecule has 0 aliphatic carbocycles. The number of carbonyl (C=O) groups is 2. The summed E-state index contributed by atoms with van der Waals surface area (Å²) in [5, 5.41) is 11.2. The van der Waals surface area contributed by atoms with Crippen LogP contribution in [0.3, 0.4) is 0 Å². The Morgan fingerprint density at radius 3 is 2.23 bits per heavy atom. The van der Waals surface area contributed by atoms with Gasteiger partial charge in [-0.3, -0.25) is 9.59 Å². The van der Waals surface area contributed by atoms with E-state index in [1.165, 1.54) is 26.2 Å². The number of ether oxygens (including phenoxy) is 3. The summed E-state index contributed by atoms with van der Waals surface area (Å²) in [6.07, 6.45) is 0.657. The summed E-state index contributed by atoms with van der Waals surface area (Å²) >= 11 is 0. The number of aliphatic hydroxyl groups is 1. The van der Waals surface area contributed by atoms with E-state index in [-0.39, 0.29) is 11.3 Å². The smallest absolute Gasteiger partial charge is 0.295 e. The Morgan fingerprint density at radius 2 is 1.61 bits per heavy atom. The van der Waals surface area contributed by atoms with Crippen LogP contribution >= 0.6 is 0 Å². The van der Waals surface area contributed by atoms with Gasteiger partial charge in [0.15, 0.2) is 11.5 Å². The van der Waals surface area contributed by atoms with E-state index in [1.807, 2.05) is 19.9 Å². The third-order valence-corrected chi connectivity index (χ3v) is 5.34. The van der Waals surface area contributed by atoms with Gasteiger partial charge in [0.2, 0.25) is 0 Å². The Morgan fingerprint density at radius 1 is 0.968 bits per heavy atom. The fraction of sp³-hybridized carbons (Fsp3) is 0.333. The van der Waals surface area contributed by atoms with E-state index in [0.717, 1.165) is 5.56 Å². The van der Waals surface area contributed by atoms with E-state index in [9.17, 15) is 14.7 Å². The number of carbonyl (C=O) groups excluding carboxylic acids is 2. The van der Waals surface area contributed by atoms with Gasteiger partial charge >= 0.3 is 0 Å². The van der Waals surface area contributed by atoms with Crippen molar-refractivity contribution in [3.05, 3.63) is 58.7 Å². The van der Waals surface area contributed by atoms with Crippen molar-refractivity contribution >= 4 is 17.4 Å². The summed E-state index contributed by atoms with van der Waals surface area (Å²) in [4.78, 5) is 27.4. The second-order valence-electron chi connectivity index (χ2n) is 7.31. The van der Waals surface area contributed by atoms with E-state index in [1.54, 1.807) is 30.3 Å². The highest BCUT2D eigenvalue weighted by molar-refractivity contribution is 6.46. The van der Waals surface area contributed by atoms with Crippen LogP contribution in [0.25, 0.3) is 5.76 Å². The van der Waals surface area contributed by atoms with Gasteiger partial charge in [-0.1, -0.05) is 24.6 Å². The van der Waals surface area contributed by atoms with Gasteiger partial charge in [0, 0.05) is 6.54 Å². The molecule has 164 valence electrons. The minimum absolute atomic E-state index is 0.0227. The van der Waals surface area contributed by atoms with E-state index < -0.39 is 17.7 Å². The molecule has 0 bridgehead atoms. The van der Waals surface area contributed by atoms with Gasteiger partial charge < -0.3 is 24.2 Å². The molecule has 1 unspecified atom stereocenters. The van der Waals surface area contributed by atoms with Gasteiger partial charge in [-0.05, 0) is 43.2 Å². The normalized spacial score (nSPS) is 17.7. The number of methoxy groups -OCH3 is 3. The Hall–Kier alpha value is -3.48. The molecule has 0 saturated carbocycles. The molecule has 2 aromatic rings. The summed E-state index contributed by atoms with van der Waals surface area (Å²) in [6.45, 7) is 4.16. The fourth-order valence-corrected chi connectivity index (χ4v) is 3.87. The minimum Gasteiger partial charge on any atom is -0.507 e. The molecule has 1 aliphatic rings. The van der Waals surface area contributed by atoms with E-state index >= 15 is 0 Å². The molecule has 1 fully saturated rings. The SMILES string of the molecule is CCCN1C(=O)C(=O)/C(=C(/O)c2cc(C)ccc2OC)C1c1ccc(OC)c(OC)c1. The van der Waals surface area contributed by atoms with Crippen LogP contribution in [0.5, 0.6) is 17.2 Å². The molecule has 1 saturated heterocycles. The fourth-order valence-electron chi connectivity index (χ4n) is 3.87. The van der Waals surface area contributed by atoms with Gasteiger partial charge in [0.1, 0.15) is 11.5 Å². The van der Waals surface area contributed by atoms with Crippen molar-refractivity contribution in [1.82, 2.24) is 4.90 Å². The van der Waals surface area contributed by atoms with Crippen molar-refractivity contribution in [2.24, 2.45) is 0 Å². The van der Waals surface area contributed by atoms with E-state index in [2.05, 4.69) is 0 Å². The molecule has 1 atom stereocenters. The second kappa shape index (κ2) is 9.12. The quantitative estimate of drug-likeness (QED) is 0.412. The number of amides is 1. The lowest BCUT2D eigenvalue weighted by Crippen LogP contribution is -2.30. The van der Waals surface area contributed by atoms with Crippen LogP contribution in [0.1, 0.15) is 36.1 Å². The third-order valence-electron chi connectivity index (χ3n) is 5.34. The van der Waals surface area contributed by atoms with Crippen molar-refractivity contribution in [2.45, 2.75) is 26.3 Å². The van der Waals surface area contributed by atoms with Crippen LogP contribution < -0.4 is 14.2 Å². The molecular formula is C24H27NO6. The lowest BCUT2D eigenvalue weighted by Gasteiger charge is -2.25. The number of benzene rings is 2. The third kappa shape index (κ3) is 3.95. The monoisotopic (exact) mass is 425 g/mol. The van der Waals surface area contributed by atoms with Crippen molar-refractivity contribution in [3.8, 4) is 17.2 Å². The van der Waals surface area contributed by atoms with Gasteiger partial charge in [0.25, 0.3) is 11.7 Å². The van der Waals surface area contributed by atoms with Crippen LogP contribution in [0.15, 0.2) is 42.0 Å². The summed E-state index contributed by atoms with van der Waals surface area (Å²) in [6, 6.07) is 9.74. The number of hydrogen-bond acceptors (Lipinski definition) is 6. The van der Waals surface area contributed by atoms with E-state index in [0.29, 0.717) is 41.3 Å². The molecule has 0 radical (unpaired) electrons. The summed E-state index contributed by atoms with van der Waals surface area (Å²) in [5.74, 6) is -0.230. The number of nitrogens with zero attached hydrogens (tertiary/aromatic N) is 1. The summed E-state index contributed by atoms with van der Waals surface area (Å²) < 4.78 is 16.1. The highest BCUT2D eigenvalue weighted by Crippen LogP contribution is 2.43. The van der Waals surface area contributed by atoms with Crippen molar-refractivity contribution < 1.29 is 28.9 Å². The standard InChI is InChI=1S/C24H27NO6/c1-6-11-25-21(15-8-10-18(30-4)19(13-15)31-5)20(23(27)24(25)28)22(26)16-12-14(2)7-9-17(16)29-3/h7-10,12-13,21,26H,6,11H2,1-5H3/b22-20+. The van der Waals surface area contributed by atoms with Crippen molar-refractivity contribution in [3.63, 3.8) is 0 Å². The van der Waals surface area contributed by atoms with Crippen LogP contribution in [-0.4, -0.2) is 49.6 Å². The molecule has 1 heterocycles. The van der Waals surface area contributed by atoms with Crippen LogP contribution in [0, 0.1) is 6.92 Å².